The molecule has 2 aliphatic heterocycles. The van der Waals surface area contributed by atoms with Crippen molar-refractivity contribution in [2.75, 3.05) is 36.8 Å². The van der Waals surface area contributed by atoms with Gasteiger partial charge in [0.15, 0.2) is 0 Å². The van der Waals surface area contributed by atoms with Crippen molar-refractivity contribution in [1.82, 2.24) is 9.80 Å². The number of amides is 2. The smallest absolute Gasteiger partial charge is 0.258 e. The quantitative estimate of drug-likeness (QED) is 0.410. The van der Waals surface area contributed by atoms with E-state index < -0.39 is 0 Å². The normalized spacial score (nSPS) is 16.2. The Kier molecular flexibility index (Phi) is 7.61. The molecule has 196 valence electrons. The van der Waals surface area contributed by atoms with Gasteiger partial charge in [-0.3, -0.25) is 14.5 Å². The van der Waals surface area contributed by atoms with Crippen molar-refractivity contribution in [2.24, 2.45) is 0 Å². The highest BCUT2D eigenvalue weighted by molar-refractivity contribution is 6.32. The lowest BCUT2D eigenvalue weighted by Gasteiger charge is -2.20. The van der Waals surface area contributed by atoms with E-state index in [9.17, 15) is 9.59 Å². The number of hydrogen-bond donors (Lipinski definition) is 2. The van der Waals surface area contributed by atoms with E-state index in [1.165, 1.54) is 16.7 Å². The van der Waals surface area contributed by atoms with Crippen molar-refractivity contribution in [1.29, 1.82) is 0 Å². The fourth-order valence-electron chi connectivity index (χ4n) is 5.47. The summed E-state index contributed by atoms with van der Waals surface area (Å²) in [7, 11) is 0. The number of allylic oxidation sites excluding steroid dienone is 1. The van der Waals surface area contributed by atoms with E-state index in [2.05, 4.69) is 64.1 Å². The van der Waals surface area contributed by atoms with E-state index >= 15 is 0 Å². The zero-order valence-electron chi connectivity index (χ0n) is 22.5. The molecule has 0 spiro atoms. The molecule has 2 heterocycles. The Hall–Kier alpha value is -3.90. The maximum Gasteiger partial charge on any atom is 0.258 e. The fourth-order valence-corrected chi connectivity index (χ4v) is 5.47. The second-order valence-electron chi connectivity index (χ2n) is 10.1. The van der Waals surface area contributed by atoms with Crippen LogP contribution in [0, 0.1) is 0 Å². The maximum atomic E-state index is 12.9. The standard InChI is InChI=1S/C32H36N4O2/c1-4-36(5-2)32(38)26-12-15-29-28(20-26)30(31(37)34-29)22(3)33-27-13-10-23(11-14-27)21-35-18-16-24-8-6-7-9-25(24)17-19-35/h6-15,20,33H,4-5,16-19,21H2,1-3H3,(H,34,37)/b30-22-. The van der Waals surface area contributed by atoms with Gasteiger partial charge < -0.3 is 15.5 Å². The molecule has 0 bridgehead atoms. The first-order chi connectivity index (χ1) is 18.5. The second-order valence-corrected chi connectivity index (χ2v) is 10.1. The first kappa shape index (κ1) is 25.7. The maximum absolute atomic E-state index is 12.9. The van der Waals surface area contributed by atoms with Crippen LogP contribution in [0.25, 0.3) is 5.57 Å². The number of benzene rings is 3. The van der Waals surface area contributed by atoms with E-state index in [0.29, 0.717) is 24.2 Å². The number of nitrogens with zero attached hydrogens (tertiary/aromatic N) is 2. The summed E-state index contributed by atoms with van der Waals surface area (Å²) in [4.78, 5) is 30.1. The van der Waals surface area contributed by atoms with E-state index in [-0.39, 0.29) is 11.8 Å². The highest BCUT2D eigenvalue weighted by Gasteiger charge is 2.28. The minimum atomic E-state index is -0.156. The Balaban J connectivity index is 1.28. The van der Waals surface area contributed by atoms with Gasteiger partial charge in [0.1, 0.15) is 0 Å². The highest BCUT2D eigenvalue weighted by atomic mass is 16.2. The van der Waals surface area contributed by atoms with Crippen LogP contribution in [-0.2, 0) is 24.2 Å². The lowest BCUT2D eigenvalue weighted by atomic mass is 10.0. The molecule has 6 heteroatoms. The lowest BCUT2D eigenvalue weighted by Crippen LogP contribution is -2.30. The Morgan fingerprint density at radius 3 is 2.24 bits per heavy atom. The van der Waals surface area contributed by atoms with Crippen molar-refractivity contribution in [3.63, 3.8) is 0 Å². The summed E-state index contributed by atoms with van der Waals surface area (Å²) in [5.41, 5.74) is 8.56. The van der Waals surface area contributed by atoms with Crippen molar-refractivity contribution in [2.45, 2.75) is 40.2 Å². The third kappa shape index (κ3) is 5.36. The van der Waals surface area contributed by atoms with Gasteiger partial charge in [0.25, 0.3) is 11.8 Å². The Morgan fingerprint density at radius 1 is 0.947 bits per heavy atom. The molecule has 3 aromatic rings. The van der Waals surface area contributed by atoms with Crippen LogP contribution in [0.4, 0.5) is 11.4 Å². The SMILES string of the molecule is CCN(CC)C(=O)c1ccc2c(c1)/C(=C(\C)Nc1ccc(CN3CCc4ccccc4CC3)cc1)C(=O)N2. The summed E-state index contributed by atoms with van der Waals surface area (Å²) < 4.78 is 0. The summed E-state index contributed by atoms with van der Waals surface area (Å²) in [5, 5.41) is 6.35. The molecule has 0 aromatic heterocycles. The fraction of sp³-hybridized carbons (Fsp3) is 0.312. The lowest BCUT2D eigenvalue weighted by molar-refractivity contribution is -0.110. The average molecular weight is 509 g/mol. The Morgan fingerprint density at radius 2 is 1.61 bits per heavy atom. The van der Waals surface area contributed by atoms with Gasteiger partial charge >= 0.3 is 0 Å². The summed E-state index contributed by atoms with van der Waals surface area (Å²) in [6.45, 7) is 10.2. The first-order valence-electron chi connectivity index (χ1n) is 13.6. The van der Waals surface area contributed by atoms with Gasteiger partial charge in [0.05, 0.1) is 5.57 Å². The third-order valence-corrected chi connectivity index (χ3v) is 7.64. The van der Waals surface area contributed by atoms with Crippen LogP contribution < -0.4 is 10.6 Å². The molecule has 0 fully saturated rings. The van der Waals surface area contributed by atoms with Crippen LogP contribution in [0.5, 0.6) is 0 Å². The van der Waals surface area contributed by atoms with E-state index in [0.717, 1.165) is 55.1 Å². The molecule has 0 radical (unpaired) electrons. The molecule has 0 aliphatic carbocycles. The number of anilines is 2. The van der Waals surface area contributed by atoms with E-state index in [4.69, 9.17) is 0 Å². The van der Waals surface area contributed by atoms with E-state index in [1.54, 1.807) is 11.0 Å². The highest BCUT2D eigenvalue weighted by Crippen LogP contribution is 2.35. The summed E-state index contributed by atoms with van der Waals surface area (Å²) >= 11 is 0. The monoisotopic (exact) mass is 508 g/mol. The molecule has 6 nitrogen and oxygen atoms in total. The first-order valence-corrected chi connectivity index (χ1v) is 13.6. The minimum absolute atomic E-state index is 0.0222. The van der Waals surface area contributed by atoms with Gasteiger partial charge in [-0.15, -0.1) is 0 Å². The minimum Gasteiger partial charge on any atom is -0.358 e. The number of nitrogens with one attached hydrogen (secondary N) is 2. The molecule has 2 amide bonds. The molecule has 0 atom stereocenters. The van der Waals surface area contributed by atoms with Gasteiger partial charge in [-0.25, -0.2) is 0 Å². The number of carbonyl (C=O) groups excluding carboxylic acids is 2. The van der Waals surface area contributed by atoms with E-state index in [1.807, 2.05) is 32.9 Å². The third-order valence-electron chi connectivity index (χ3n) is 7.64. The summed E-state index contributed by atoms with van der Waals surface area (Å²) in [6, 6.07) is 22.7. The van der Waals surface area contributed by atoms with Crippen molar-refractivity contribution in [3.05, 3.63) is 100 Å². The second kappa shape index (κ2) is 11.2. The zero-order valence-corrected chi connectivity index (χ0v) is 22.5. The van der Waals surface area contributed by atoms with Crippen LogP contribution in [0.15, 0.2) is 72.4 Å². The van der Waals surface area contributed by atoms with Gasteiger partial charge in [-0.05, 0) is 80.6 Å². The molecule has 0 saturated heterocycles. The van der Waals surface area contributed by atoms with Crippen molar-refractivity contribution in [3.8, 4) is 0 Å². The van der Waals surface area contributed by atoms with Crippen molar-refractivity contribution >= 4 is 28.8 Å². The number of rotatable bonds is 7. The van der Waals surface area contributed by atoms with Crippen LogP contribution in [0.1, 0.15) is 53.4 Å². The molecular formula is C32H36N4O2. The zero-order chi connectivity index (χ0) is 26.6. The molecule has 3 aromatic carbocycles. The largest absolute Gasteiger partial charge is 0.358 e. The molecule has 38 heavy (non-hydrogen) atoms. The summed E-state index contributed by atoms with van der Waals surface area (Å²) in [5.74, 6) is -0.179. The average Bonchev–Trinajstić information content (AvgIpc) is 3.13. The number of carbonyl (C=O) groups is 2. The molecule has 2 N–H and O–H groups in total. The summed E-state index contributed by atoms with van der Waals surface area (Å²) in [6.07, 6.45) is 2.18. The Labute approximate surface area is 225 Å². The van der Waals surface area contributed by atoms with Crippen molar-refractivity contribution < 1.29 is 9.59 Å². The van der Waals surface area contributed by atoms with Gasteiger partial charge in [0.2, 0.25) is 0 Å². The van der Waals surface area contributed by atoms with Crippen LogP contribution >= 0.6 is 0 Å². The number of hydrogen-bond acceptors (Lipinski definition) is 4. The van der Waals surface area contributed by atoms with Crippen LogP contribution in [0.2, 0.25) is 0 Å². The predicted octanol–water partition coefficient (Wildman–Crippen LogP) is 5.56. The van der Waals surface area contributed by atoms with Crippen LogP contribution in [0.3, 0.4) is 0 Å². The molecule has 0 unspecified atom stereocenters. The molecular weight excluding hydrogens is 472 g/mol. The Bertz CT molecular complexity index is 1350. The molecule has 5 rings (SSSR count). The topological polar surface area (TPSA) is 64.7 Å². The predicted molar refractivity (Wildman–Crippen MR) is 154 cm³/mol. The van der Waals surface area contributed by atoms with Gasteiger partial charge in [0, 0.05) is 60.9 Å². The number of fused-ring (bicyclic) bond motifs is 2. The van der Waals surface area contributed by atoms with Gasteiger partial charge in [-0.1, -0.05) is 36.4 Å². The molecule has 0 saturated carbocycles. The molecule has 2 aliphatic rings. The van der Waals surface area contributed by atoms with Crippen LogP contribution in [-0.4, -0.2) is 47.8 Å². The van der Waals surface area contributed by atoms with Gasteiger partial charge in [-0.2, -0.15) is 0 Å².